The van der Waals surface area contributed by atoms with Crippen molar-refractivity contribution in [1.29, 1.82) is 0 Å². The second-order valence-corrected chi connectivity index (χ2v) is 6.47. The Morgan fingerprint density at radius 1 is 1.23 bits per heavy atom. The summed E-state index contributed by atoms with van der Waals surface area (Å²) < 4.78 is 5.38. The maximum absolute atomic E-state index is 12.5. The number of aromatic carboxylic acids is 1. The average Bonchev–Trinajstić information content (AvgIpc) is 2.87. The van der Waals surface area contributed by atoms with Crippen LogP contribution in [0.15, 0.2) is 36.5 Å². The molecule has 0 fully saturated rings. The van der Waals surface area contributed by atoms with Crippen LogP contribution < -0.4 is 4.90 Å². The van der Waals surface area contributed by atoms with Crippen molar-refractivity contribution in [3.63, 3.8) is 0 Å². The van der Waals surface area contributed by atoms with Gasteiger partial charge >= 0.3 is 12.1 Å². The Bertz CT molecular complexity index is 676. The number of hydrogen-bond acceptors (Lipinski definition) is 5. The molecule has 0 saturated carbocycles. The van der Waals surface area contributed by atoms with Gasteiger partial charge in [-0.3, -0.25) is 0 Å². The summed E-state index contributed by atoms with van der Waals surface area (Å²) in [5, 5.41) is 9.26. The molecule has 1 amide bonds. The van der Waals surface area contributed by atoms with Crippen molar-refractivity contribution < 1.29 is 19.4 Å². The Morgan fingerprint density at radius 3 is 2.36 bits per heavy atom. The molecule has 116 valence electrons. The van der Waals surface area contributed by atoms with Crippen LogP contribution in [0.1, 0.15) is 30.4 Å². The van der Waals surface area contributed by atoms with E-state index in [-0.39, 0.29) is 10.0 Å². The molecule has 2 rings (SSSR count). The number of para-hydroxylation sites is 1. The molecule has 6 nitrogen and oxygen atoms in total. The number of carboxylic acids is 1. The molecule has 0 aliphatic heterocycles. The van der Waals surface area contributed by atoms with Crippen molar-refractivity contribution in [3.05, 3.63) is 41.4 Å². The summed E-state index contributed by atoms with van der Waals surface area (Å²) in [6.07, 6.45) is 0.618. The van der Waals surface area contributed by atoms with Gasteiger partial charge in [-0.1, -0.05) is 29.5 Å². The van der Waals surface area contributed by atoms with Crippen LogP contribution in [0.4, 0.5) is 15.6 Å². The van der Waals surface area contributed by atoms with Crippen LogP contribution in [0, 0.1) is 0 Å². The number of carboxylic acid groups (broad SMARTS) is 1. The number of anilines is 2. The van der Waals surface area contributed by atoms with Crippen molar-refractivity contribution >= 4 is 34.2 Å². The number of amides is 1. The summed E-state index contributed by atoms with van der Waals surface area (Å²) >= 11 is 0.913. The number of aromatic nitrogens is 1. The van der Waals surface area contributed by atoms with Crippen LogP contribution in [-0.2, 0) is 4.74 Å². The third kappa shape index (κ3) is 3.82. The minimum atomic E-state index is -1.08. The lowest BCUT2D eigenvalue weighted by Crippen LogP contribution is -2.33. The first kappa shape index (κ1) is 16.0. The Morgan fingerprint density at radius 2 is 1.86 bits per heavy atom. The van der Waals surface area contributed by atoms with E-state index in [4.69, 9.17) is 9.84 Å². The molecule has 0 spiro atoms. The molecule has 0 saturated heterocycles. The number of carbonyl (C=O) groups excluding carboxylic acids is 1. The van der Waals surface area contributed by atoms with Gasteiger partial charge in [0.15, 0.2) is 5.13 Å². The van der Waals surface area contributed by atoms with E-state index in [0.29, 0.717) is 5.69 Å². The maximum atomic E-state index is 12.5. The SMILES string of the molecule is CC(C)(C)OC(=O)N(c1ccccc1)c1ncc(C(=O)O)s1. The fourth-order valence-electron chi connectivity index (χ4n) is 1.65. The van der Waals surface area contributed by atoms with Gasteiger partial charge in [0.25, 0.3) is 0 Å². The van der Waals surface area contributed by atoms with Crippen molar-refractivity contribution in [2.24, 2.45) is 0 Å². The fourth-order valence-corrected chi connectivity index (χ4v) is 2.41. The van der Waals surface area contributed by atoms with Crippen LogP contribution >= 0.6 is 11.3 Å². The Balaban J connectivity index is 2.41. The summed E-state index contributed by atoms with van der Waals surface area (Å²) in [6.45, 7) is 5.29. The molecule has 1 aromatic carbocycles. The van der Waals surface area contributed by atoms with E-state index in [0.717, 1.165) is 11.3 Å². The van der Waals surface area contributed by atoms with E-state index in [1.54, 1.807) is 45.0 Å². The van der Waals surface area contributed by atoms with Crippen LogP contribution in [0.25, 0.3) is 0 Å². The van der Waals surface area contributed by atoms with E-state index in [1.807, 2.05) is 6.07 Å². The number of ether oxygens (including phenoxy) is 1. The predicted octanol–water partition coefficient (Wildman–Crippen LogP) is 3.91. The van der Waals surface area contributed by atoms with Gasteiger partial charge in [0.2, 0.25) is 0 Å². The molecule has 0 radical (unpaired) electrons. The Hall–Kier alpha value is -2.41. The highest BCUT2D eigenvalue weighted by molar-refractivity contribution is 7.17. The topological polar surface area (TPSA) is 79.7 Å². The first-order valence-electron chi connectivity index (χ1n) is 6.55. The van der Waals surface area contributed by atoms with E-state index in [1.165, 1.54) is 11.1 Å². The number of thiazole rings is 1. The summed E-state index contributed by atoms with van der Waals surface area (Å²) in [5.74, 6) is -1.08. The molecular formula is C15H16N2O4S. The second kappa shape index (κ2) is 6.15. The zero-order valence-electron chi connectivity index (χ0n) is 12.4. The predicted molar refractivity (Wildman–Crippen MR) is 83.9 cm³/mol. The normalized spacial score (nSPS) is 11.0. The molecule has 1 N–H and O–H groups in total. The summed E-state index contributed by atoms with van der Waals surface area (Å²) in [6, 6.07) is 8.83. The van der Waals surface area contributed by atoms with Crippen LogP contribution in [0.2, 0.25) is 0 Å². The number of benzene rings is 1. The minimum Gasteiger partial charge on any atom is -0.477 e. The van der Waals surface area contributed by atoms with Gasteiger partial charge in [-0.25, -0.2) is 19.5 Å². The first-order chi connectivity index (χ1) is 10.3. The van der Waals surface area contributed by atoms with Gasteiger partial charge in [-0.05, 0) is 32.9 Å². The van der Waals surface area contributed by atoms with Gasteiger partial charge in [0.05, 0.1) is 11.9 Å². The summed E-state index contributed by atoms with van der Waals surface area (Å²) in [5.41, 5.74) is -0.111. The van der Waals surface area contributed by atoms with Crippen molar-refractivity contribution in [2.75, 3.05) is 4.90 Å². The smallest absolute Gasteiger partial charge is 0.421 e. The van der Waals surface area contributed by atoms with Gasteiger partial charge in [-0.15, -0.1) is 0 Å². The van der Waals surface area contributed by atoms with Gasteiger partial charge in [-0.2, -0.15) is 0 Å². The number of nitrogens with zero attached hydrogens (tertiary/aromatic N) is 2. The fraction of sp³-hybridized carbons (Fsp3) is 0.267. The highest BCUT2D eigenvalue weighted by Gasteiger charge is 2.27. The molecule has 0 atom stereocenters. The molecule has 7 heteroatoms. The van der Waals surface area contributed by atoms with Crippen molar-refractivity contribution in [3.8, 4) is 0 Å². The second-order valence-electron chi connectivity index (χ2n) is 5.46. The molecule has 0 unspecified atom stereocenters. The lowest BCUT2D eigenvalue weighted by atomic mass is 10.2. The largest absolute Gasteiger partial charge is 0.477 e. The standard InChI is InChI=1S/C15H16N2O4S/c1-15(2,3)21-14(20)17(10-7-5-4-6-8-10)13-16-9-11(22-13)12(18)19/h4-9H,1-3H3,(H,18,19). The Labute approximate surface area is 132 Å². The number of rotatable bonds is 3. The molecule has 0 bridgehead atoms. The highest BCUT2D eigenvalue weighted by atomic mass is 32.1. The molecule has 0 aliphatic rings. The maximum Gasteiger partial charge on any atom is 0.421 e. The third-order valence-corrected chi connectivity index (χ3v) is 3.46. The molecule has 0 aliphatic carbocycles. The number of carbonyl (C=O) groups is 2. The number of hydrogen-bond donors (Lipinski definition) is 1. The summed E-state index contributed by atoms with van der Waals surface area (Å²) in [7, 11) is 0. The molecular weight excluding hydrogens is 304 g/mol. The zero-order valence-corrected chi connectivity index (χ0v) is 13.3. The monoisotopic (exact) mass is 320 g/mol. The minimum absolute atomic E-state index is 0.0551. The zero-order chi connectivity index (χ0) is 16.3. The molecule has 1 aromatic heterocycles. The first-order valence-corrected chi connectivity index (χ1v) is 7.37. The van der Waals surface area contributed by atoms with Gasteiger partial charge < -0.3 is 9.84 Å². The average molecular weight is 320 g/mol. The molecule has 22 heavy (non-hydrogen) atoms. The summed E-state index contributed by atoms with van der Waals surface area (Å²) in [4.78, 5) is 28.8. The highest BCUT2D eigenvalue weighted by Crippen LogP contribution is 2.31. The third-order valence-electron chi connectivity index (χ3n) is 2.49. The van der Waals surface area contributed by atoms with Gasteiger partial charge in [0.1, 0.15) is 10.5 Å². The van der Waals surface area contributed by atoms with Crippen LogP contribution in [0.3, 0.4) is 0 Å². The Kier molecular flexibility index (Phi) is 4.46. The molecule has 1 heterocycles. The lowest BCUT2D eigenvalue weighted by Gasteiger charge is -2.25. The lowest BCUT2D eigenvalue weighted by molar-refractivity contribution is 0.0598. The van der Waals surface area contributed by atoms with Crippen molar-refractivity contribution in [2.45, 2.75) is 26.4 Å². The van der Waals surface area contributed by atoms with E-state index in [9.17, 15) is 9.59 Å². The van der Waals surface area contributed by atoms with E-state index >= 15 is 0 Å². The van der Waals surface area contributed by atoms with Gasteiger partial charge in [0, 0.05) is 0 Å². The molecule has 2 aromatic rings. The van der Waals surface area contributed by atoms with Crippen molar-refractivity contribution in [1.82, 2.24) is 4.98 Å². The van der Waals surface area contributed by atoms with Crippen LogP contribution in [0.5, 0.6) is 0 Å². The van der Waals surface area contributed by atoms with E-state index in [2.05, 4.69) is 4.98 Å². The quantitative estimate of drug-likeness (QED) is 0.927. The van der Waals surface area contributed by atoms with E-state index < -0.39 is 17.7 Å². The van der Waals surface area contributed by atoms with Crippen LogP contribution in [-0.4, -0.2) is 27.8 Å².